The van der Waals surface area contributed by atoms with Gasteiger partial charge in [-0.05, 0) is 18.1 Å². The fourth-order valence-electron chi connectivity index (χ4n) is 1.79. The Morgan fingerprint density at radius 2 is 1.95 bits per heavy atom. The van der Waals surface area contributed by atoms with Gasteiger partial charge < -0.3 is 15.7 Å². The van der Waals surface area contributed by atoms with Crippen LogP contribution >= 0.6 is 0 Å². The summed E-state index contributed by atoms with van der Waals surface area (Å²) in [6, 6.07) is 5.76. The third kappa shape index (κ3) is 3.32. The third-order valence-electron chi connectivity index (χ3n) is 3.37. The van der Waals surface area contributed by atoms with E-state index in [0.29, 0.717) is 5.69 Å². The molecule has 2 atom stereocenters. The van der Waals surface area contributed by atoms with Crippen molar-refractivity contribution in [2.75, 3.05) is 11.9 Å². The van der Waals surface area contributed by atoms with Gasteiger partial charge in [-0.2, -0.15) is 0 Å². The van der Waals surface area contributed by atoms with Crippen molar-refractivity contribution >= 4 is 17.6 Å². The van der Waals surface area contributed by atoms with E-state index in [2.05, 4.69) is 0 Å². The average molecular weight is 264 g/mol. The molecule has 19 heavy (non-hydrogen) atoms. The number of hydrogen-bond acceptors (Lipinski definition) is 3. The van der Waals surface area contributed by atoms with Crippen LogP contribution in [0.2, 0.25) is 0 Å². The zero-order valence-electron chi connectivity index (χ0n) is 11.5. The number of nitrogens with two attached hydrogens (primary N) is 1. The Kier molecular flexibility index (Phi) is 5.06. The van der Waals surface area contributed by atoms with Gasteiger partial charge in [0, 0.05) is 7.05 Å². The van der Waals surface area contributed by atoms with Crippen molar-refractivity contribution in [2.45, 2.75) is 26.3 Å². The molecule has 1 rings (SSSR count). The van der Waals surface area contributed by atoms with E-state index in [1.807, 2.05) is 13.8 Å². The standard InChI is InChI=1S/C14H20N2O3/c1-4-9(2)12(15)13(17)16(3)11-8-6-5-7-10(11)14(18)19/h5-9,12H,4,15H2,1-3H3,(H,18,19)/t9?,12-/m0/s1. The monoisotopic (exact) mass is 264 g/mol. The lowest BCUT2D eigenvalue weighted by atomic mass is 9.98. The maximum Gasteiger partial charge on any atom is 0.337 e. The SMILES string of the molecule is CCC(C)[C@H](N)C(=O)N(C)c1ccccc1C(=O)O. The van der Waals surface area contributed by atoms with Crippen LogP contribution in [0, 0.1) is 5.92 Å². The number of rotatable bonds is 5. The molecule has 0 radical (unpaired) electrons. The van der Waals surface area contributed by atoms with Gasteiger partial charge in [-0.3, -0.25) is 4.79 Å². The molecule has 3 N–H and O–H groups in total. The molecule has 0 aliphatic heterocycles. The van der Waals surface area contributed by atoms with Crippen molar-refractivity contribution < 1.29 is 14.7 Å². The number of carbonyl (C=O) groups excluding carboxylic acids is 1. The van der Waals surface area contributed by atoms with E-state index >= 15 is 0 Å². The fraction of sp³-hybridized carbons (Fsp3) is 0.429. The number of benzene rings is 1. The smallest absolute Gasteiger partial charge is 0.337 e. The van der Waals surface area contributed by atoms with Crippen molar-refractivity contribution in [1.29, 1.82) is 0 Å². The summed E-state index contributed by atoms with van der Waals surface area (Å²) in [7, 11) is 1.55. The second kappa shape index (κ2) is 6.33. The van der Waals surface area contributed by atoms with E-state index in [9.17, 15) is 9.59 Å². The van der Waals surface area contributed by atoms with Gasteiger partial charge in [-0.1, -0.05) is 32.4 Å². The summed E-state index contributed by atoms with van der Waals surface area (Å²) < 4.78 is 0. The van der Waals surface area contributed by atoms with E-state index in [0.717, 1.165) is 6.42 Å². The second-order valence-corrected chi connectivity index (χ2v) is 4.63. The number of nitrogens with zero attached hydrogens (tertiary/aromatic N) is 1. The number of amides is 1. The predicted molar refractivity (Wildman–Crippen MR) is 74.2 cm³/mol. The zero-order valence-corrected chi connectivity index (χ0v) is 11.5. The van der Waals surface area contributed by atoms with Gasteiger partial charge in [0.05, 0.1) is 17.3 Å². The first-order chi connectivity index (χ1) is 8.90. The Bertz CT molecular complexity index is 474. The van der Waals surface area contributed by atoms with Crippen LogP contribution in [0.25, 0.3) is 0 Å². The van der Waals surface area contributed by atoms with Gasteiger partial charge in [-0.25, -0.2) is 4.79 Å². The first-order valence-electron chi connectivity index (χ1n) is 6.25. The minimum atomic E-state index is -1.06. The van der Waals surface area contributed by atoms with Crippen LogP contribution in [0.15, 0.2) is 24.3 Å². The Labute approximate surface area is 113 Å². The molecule has 0 aliphatic rings. The number of carbonyl (C=O) groups is 2. The van der Waals surface area contributed by atoms with E-state index in [-0.39, 0.29) is 17.4 Å². The summed E-state index contributed by atoms with van der Waals surface area (Å²) in [4.78, 5) is 24.7. The maximum atomic E-state index is 12.2. The Morgan fingerprint density at radius 3 is 2.47 bits per heavy atom. The molecule has 1 unspecified atom stereocenters. The molecular weight excluding hydrogens is 244 g/mol. The summed E-state index contributed by atoms with van der Waals surface area (Å²) in [6.45, 7) is 3.86. The van der Waals surface area contributed by atoms with Crippen molar-refractivity contribution in [3.63, 3.8) is 0 Å². The van der Waals surface area contributed by atoms with Gasteiger partial charge >= 0.3 is 5.97 Å². The average Bonchev–Trinajstić information content (AvgIpc) is 2.43. The summed E-state index contributed by atoms with van der Waals surface area (Å²) in [6.07, 6.45) is 0.793. The highest BCUT2D eigenvalue weighted by molar-refractivity contribution is 6.03. The first-order valence-corrected chi connectivity index (χ1v) is 6.25. The second-order valence-electron chi connectivity index (χ2n) is 4.63. The molecular formula is C14H20N2O3. The Hall–Kier alpha value is -1.88. The van der Waals surface area contributed by atoms with Gasteiger partial charge in [0.1, 0.15) is 0 Å². The molecule has 104 valence electrons. The van der Waals surface area contributed by atoms with Crippen LogP contribution in [0.4, 0.5) is 5.69 Å². The van der Waals surface area contributed by atoms with Gasteiger partial charge in [-0.15, -0.1) is 0 Å². The van der Waals surface area contributed by atoms with E-state index in [1.165, 1.54) is 11.0 Å². The van der Waals surface area contributed by atoms with E-state index in [4.69, 9.17) is 10.8 Å². The highest BCUT2D eigenvalue weighted by Gasteiger charge is 2.25. The number of carboxylic acid groups (broad SMARTS) is 1. The summed E-state index contributed by atoms with van der Waals surface area (Å²) >= 11 is 0. The van der Waals surface area contributed by atoms with Crippen LogP contribution in [-0.2, 0) is 4.79 Å². The highest BCUT2D eigenvalue weighted by Crippen LogP contribution is 2.21. The minimum absolute atomic E-state index is 0.0481. The van der Waals surface area contributed by atoms with E-state index in [1.54, 1.807) is 25.2 Å². The molecule has 0 aliphatic carbocycles. The Morgan fingerprint density at radius 1 is 1.37 bits per heavy atom. The van der Waals surface area contributed by atoms with Gasteiger partial charge in [0.25, 0.3) is 0 Å². The van der Waals surface area contributed by atoms with Crippen LogP contribution in [0.5, 0.6) is 0 Å². The van der Waals surface area contributed by atoms with Crippen LogP contribution in [0.1, 0.15) is 30.6 Å². The number of carboxylic acids is 1. The molecule has 0 bridgehead atoms. The maximum absolute atomic E-state index is 12.2. The quantitative estimate of drug-likeness (QED) is 0.848. The summed E-state index contributed by atoms with van der Waals surface area (Å²) in [5.74, 6) is -1.29. The molecule has 0 heterocycles. The van der Waals surface area contributed by atoms with Gasteiger partial charge in [0.15, 0.2) is 0 Å². The van der Waals surface area contributed by atoms with Crippen molar-refractivity contribution in [3.05, 3.63) is 29.8 Å². The molecule has 1 aromatic rings. The lowest BCUT2D eigenvalue weighted by molar-refractivity contribution is -0.120. The van der Waals surface area contributed by atoms with Gasteiger partial charge in [0.2, 0.25) is 5.91 Å². The molecule has 0 saturated heterocycles. The van der Waals surface area contributed by atoms with Crippen LogP contribution < -0.4 is 10.6 Å². The zero-order chi connectivity index (χ0) is 14.6. The molecule has 5 nitrogen and oxygen atoms in total. The third-order valence-corrected chi connectivity index (χ3v) is 3.37. The van der Waals surface area contributed by atoms with Crippen molar-refractivity contribution in [3.8, 4) is 0 Å². The Balaban J connectivity index is 3.04. The normalized spacial score (nSPS) is 13.7. The lowest BCUT2D eigenvalue weighted by Crippen LogP contribution is -2.46. The fourth-order valence-corrected chi connectivity index (χ4v) is 1.79. The van der Waals surface area contributed by atoms with Crippen LogP contribution in [0.3, 0.4) is 0 Å². The largest absolute Gasteiger partial charge is 0.478 e. The van der Waals surface area contributed by atoms with Crippen LogP contribution in [-0.4, -0.2) is 30.1 Å². The molecule has 1 aromatic carbocycles. The molecule has 5 heteroatoms. The lowest BCUT2D eigenvalue weighted by Gasteiger charge is -2.25. The summed E-state index contributed by atoms with van der Waals surface area (Å²) in [5, 5.41) is 9.12. The predicted octanol–water partition coefficient (Wildman–Crippen LogP) is 1.72. The first kappa shape index (κ1) is 15.2. The van der Waals surface area contributed by atoms with E-state index < -0.39 is 12.0 Å². The van der Waals surface area contributed by atoms with Crippen molar-refractivity contribution in [1.82, 2.24) is 0 Å². The number of aromatic carboxylic acids is 1. The highest BCUT2D eigenvalue weighted by atomic mass is 16.4. The minimum Gasteiger partial charge on any atom is -0.478 e. The molecule has 0 aromatic heterocycles. The molecule has 0 fully saturated rings. The summed E-state index contributed by atoms with van der Waals surface area (Å²) in [5.41, 5.74) is 6.35. The number of likely N-dealkylation sites (N-methyl/N-ethyl adjacent to an activating group) is 1. The molecule has 0 saturated carbocycles. The number of hydrogen-bond donors (Lipinski definition) is 2. The molecule has 0 spiro atoms. The van der Waals surface area contributed by atoms with Crippen molar-refractivity contribution in [2.24, 2.45) is 11.7 Å². The topological polar surface area (TPSA) is 83.6 Å². The molecule has 1 amide bonds. The number of anilines is 1. The number of para-hydroxylation sites is 1.